The molecule has 0 aromatic heterocycles. The fourth-order valence-electron chi connectivity index (χ4n) is 3.00. The average molecular weight is 325 g/mol. The Balaban J connectivity index is 2.08. The maximum atomic E-state index is 12.5. The quantitative estimate of drug-likeness (QED) is 0.842. The van der Waals surface area contributed by atoms with Crippen LogP contribution in [0.3, 0.4) is 0 Å². The third kappa shape index (κ3) is 4.55. The number of aryl methyl sites for hydroxylation is 1. The number of hydrogen-bond donors (Lipinski definition) is 2. The van der Waals surface area contributed by atoms with Crippen molar-refractivity contribution in [1.29, 1.82) is 0 Å². The minimum atomic E-state index is -3.55. The lowest BCUT2D eigenvalue weighted by molar-refractivity contribution is -0.137. The van der Waals surface area contributed by atoms with E-state index in [1.807, 2.05) is 6.92 Å². The molecular formula is C16H23NO4S. The summed E-state index contributed by atoms with van der Waals surface area (Å²) in [5.41, 5.74) is 1.01. The van der Waals surface area contributed by atoms with Crippen molar-refractivity contribution >= 4 is 16.0 Å². The number of sulfonamides is 1. The van der Waals surface area contributed by atoms with Crippen molar-refractivity contribution in [2.45, 2.75) is 56.4 Å². The summed E-state index contributed by atoms with van der Waals surface area (Å²) in [7, 11) is -3.55. The zero-order valence-corrected chi connectivity index (χ0v) is 13.6. The molecule has 2 atom stereocenters. The Bertz CT molecular complexity index is 610. The number of benzene rings is 1. The van der Waals surface area contributed by atoms with E-state index in [1.54, 1.807) is 24.3 Å². The first-order valence-electron chi connectivity index (χ1n) is 7.69. The normalized spacial score (nSPS) is 22.4. The Labute approximate surface area is 131 Å². The summed E-state index contributed by atoms with van der Waals surface area (Å²) in [6.45, 7) is 1.91. The second kappa shape index (κ2) is 7.24. The Kier molecular flexibility index (Phi) is 5.58. The third-order valence-electron chi connectivity index (χ3n) is 4.28. The molecule has 6 heteroatoms. The van der Waals surface area contributed by atoms with E-state index in [4.69, 9.17) is 5.11 Å². The molecule has 1 aliphatic rings. The van der Waals surface area contributed by atoms with Crippen molar-refractivity contribution < 1.29 is 18.3 Å². The first-order chi connectivity index (χ1) is 10.4. The van der Waals surface area contributed by atoms with Gasteiger partial charge in [0, 0.05) is 12.5 Å². The molecule has 0 saturated heterocycles. The molecule has 0 amide bonds. The molecule has 22 heavy (non-hydrogen) atoms. The molecule has 0 unspecified atom stereocenters. The molecule has 2 rings (SSSR count). The van der Waals surface area contributed by atoms with Crippen LogP contribution in [0.4, 0.5) is 0 Å². The van der Waals surface area contributed by atoms with Gasteiger partial charge in [0.05, 0.1) is 4.90 Å². The SMILES string of the molecule is Cc1ccc(S(=O)(=O)N[C@@H]2CCCC[C@H]2CCC(=O)O)cc1. The number of rotatable bonds is 6. The van der Waals surface area contributed by atoms with Crippen molar-refractivity contribution in [3.8, 4) is 0 Å². The Hall–Kier alpha value is -1.40. The summed E-state index contributed by atoms with van der Waals surface area (Å²) in [6, 6.07) is 6.59. The molecule has 0 radical (unpaired) electrons. The summed E-state index contributed by atoms with van der Waals surface area (Å²) in [5.74, 6) is -0.726. The van der Waals surface area contributed by atoms with Gasteiger partial charge in [-0.2, -0.15) is 0 Å². The molecule has 1 aliphatic carbocycles. The number of carboxylic acid groups (broad SMARTS) is 1. The predicted molar refractivity (Wildman–Crippen MR) is 84.1 cm³/mol. The average Bonchev–Trinajstić information content (AvgIpc) is 2.46. The van der Waals surface area contributed by atoms with Gasteiger partial charge in [0.2, 0.25) is 10.0 Å². The fourth-order valence-corrected chi connectivity index (χ4v) is 4.34. The zero-order chi connectivity index (χ0) is 16.2. The molecule has 0 heterocycles. The van der Waals surface area contributed by atoms with Gasteiger partial charge in [0.25, 0.3) is 0 Å². The Morgan fingerprint density at radius 2 is 1.86 bits per heavy atom. The molecule has 0 aliphatic heterocycles. The molecular weight excluding hydrogens is 302 g/mol. The van der Waals surface area contributed by atoms with Crippen LogP contribution in [-0.2, 0) is 14.8 Å². The van der Waals surface area contributed by atoms with Crippen LogP contribution >= 0.6 is 0 Å². The van der Waals surface area contributed by atoms with Crippen LogP contribution < -0.4 is 4.72 Å². The number of carboxylic acids is 1. The number of nitrogens with one attached hydrogen (secondary N) is 1. The van der Waals surface area contributed by atoms with Gasteiger partial charge in [-0.3, -0.25) is 4.79 Å². The third-order valence-corrected chi connectivity index (χ3v) is 5.78. The number of aliphatic carboxylic acids is 1. The lowest BCUT2D eigenvalue weighted by Crippen LogP contribution is -2.42. The fraction of sp³-hybridized carbons (Fsp3) is 0.562. The lowest BCUT2D eigenvalue weighted by Gasteiger charge is -2.31. The largest absolute Gasteiger partial charge is 0.481 e. The first kappa shape index (κ1) is 17.0. The Morgan fingerprint density at radius 1 is 1.23 bits per heavy atom. The van der Waals surface area contributed by atoms with Gasteiger partial charge in [-0.05, 0) is 44.2 Å². The summed E-state index contributed by atoms with van der Waals surface area (Å²) >= 11 is 0. The highest BCUT2D eigenvalue weighted by Gasteiger charge is 2.29. The van der Waals surface area contributed by atoms with Crippen molar-refractivity contribution in [2.24, 2.45) is 5.92 Å². The van der Waals surface area contributed by atoms with Gasteiger partial charge in [0.1, 0.15) is 0 Å². The smallest absolute Gasteiger partial charge is 0.303 e. The number of carbonyl (C=O) groups is 1. The summed E-state index contributed by atoms with van der Waals surface area (Å²) in [6.07, 6.45) is 4.28. The first-order valence-corrected chi connectivity index (χ1v) is 9.17. The van der Waals surface area contributed by atoms with Gasteiger partial charge in [0.15, 0.2) is 0 Å². The summed E-state index contributed by atoms with van der Waals surface area (Å²) < 4.78 is 27.7. The lowest BCUT2D eigenvalue weighted by atomic mass is 9.82. The van der Waals surface area contributed by atoms with E-state index in [0.29, 0.717) is 6.42 Å². The maximum absolute atomic E-state index is 12.5. The highest BCUT2D eigenvalue weighted by molar-refractivity contribution is 7.89. The molecule has 2 N–H and O–H groups in total. The van der Waals surface area contributed by atoms with Crippen LogP contribution in [0, 0.1) is 12.8 Å². The monoisotopic (exact) mass is 325 g/mol. The van der Waals surface area contributed by atoms with Gasteiger partial charge < -0.3 is 5.11 Å². The van der Waals surface area contributed by atoms with E-state index in [-0.39, 0.29) is 23.3 Å². The maximum Gasteiger partial charge on any atom is 0.303 e. The van der Waals surface area contributed by atoms with Crippen molar-refractivity contribution in [3.63, 3.8) is 0 Å². The molecule has 1 fully saturated rings. The molecule has 0 spiro atoms. The highest BCUT2D eigenvalue weighted by Crippen LogP contribution is 2.29. The van der Waals surface area contributed by atoms with E-state index < -0.39 is 16.0 Å². The molecule has 1 aromatic carbocycles. The van der Waals surface area contributed by atoms with E-state index >= 15 is 0 Å². The van der Waals surface area contributed by atoms with Gasteiger partial charge in [-0.1, -0.05) is 30.5 Å². The molecule has 122 valence electrons. The van der Waals surface area contributed by atoms with E-state index in [1.165, 1.54) is 0 Å². The van der Waals surface area contributed by atoms with E-state index in [2.05, 4.69) is 4.72 Å². The zero-order valence-electron chi connectivity index (χ0n) is 12.8. The van der Waals surface area contributed by atoms with Crippen molar-refractivity contribution in [3.05, 3.63) is 29.8 Å². The second-order valence-corrected chi connectivity index (χ2v) is 7.73. The predicted octanol–water partition coefficient (Wildman–Crippen LogP) is 2.70. The summed E-state index contributed by atoms with van der Waals surface area (Å²) in [5, 5.41) is 8.83. The van der Waals surface area contributed by atoms with Crippen LogP contribution in [0.2, 0.25) is 0 Å². The molecule has 0 bridgehead atoms. The second-order valence-electron chi connectivity index (χ2n) is 6.02. The van der Waals surface area contributed by atoms with Crippen LogP contribution in [0.5, 0.6) is 0 Å². The Morgan fingerprint density at radius 3 is 2.50 bits per heavy atom. The number of hydrogen-bond acceptors (Lipinski definition) is 3. The molecule has 5 nitrogen and oxygen atoms in total. The van der Waals surface area contributed by atoms with Gasteiger partial charge in [-0.15, -0.1) is 0 Å². The van der Waals surface area contributed by atoms with Gasteiger partial charge >= 0.3 is 5.97 Å². The molecule has 1 aromatic rings. The van der Waals surface area contributed by atoms with Crippen molar-refractivity contribution in [2.75, 3.05) is 0 Å². The van der Waals surface area contributed by atoms with E-state index in [9.17, 15) is 13.2 Å². The van der Waals surface area contributed by atoms with Crippen LogP contribution in [0.1, 0.15) is 44.1 Å². The minimum absolute atomic E-state index is 0.0907. The topological polar surface area (TPSA) is 83.5 Å². The van der Waals surface area contributed by atoms with Crippen LogP contribution in [-0.4, -0.2) is 25.5 Å². The molecule has 1 saturated carbocycles. The standard InChI is InChI=1S/C16H23NO4S/c1-12-6-9-14(10-7-12)22(20,21)17-15-5-3-2-4-13(15)8-11-16(18)19/h6-7,9-10,13,15,17H,2-5,8,11H2,1H3,(H,18,19)/t13-,15+/m0/s1. The van der Waals surface area contributed by atoms with Gasteiger partial charge in [-0.25, -0.2) is 13.1 Å². The van der Waals surface area contributed by atoms with Crippen LogP contribution in [0.15, 0.2) is 29.2 Å². The van der Waals surface area contributed by atoms with Crippen LogP contribution in [0.25, 0.3) is 0 Å². The van der Waals surface area contributed by atoms with E-state index in [0.717, 1.165) is 31.2 Å². The highest BCUT2D eigenvalue weighted by atomic mass is 32.2. The minimum Gasteiger partial charge on any atom is -0.481 e. The van der Waals surface area contributed by atoms with Crippen molar-refractivity contribution in [1.82, 2.24) is 4.72 Å². The summed E-state index contributed by atoms with van der Waals surface area (Å²) in [4.78, 5) is 11.0.